The van der Waals surface area contributed by atoms with E-state index in [-0.39, 0.29) is 0 Å². The molecule has 29 heavy (non-hydrogen) atoms. The lowest BCUT2D eigenvalue weighted by atomic mass is 10.0. The van der Waals surface area contributed by atoms with Crippen molar-refractivity contribution in [3.8, 4) is 5.75 Å². The van der Waals surface area contributed by atoms with Crippen molar-refractivity contribution in [3.05, 3.63) is 42.1 Å². The van der Waals surface area contributed by atoms with E-state index in [4.69, 9.17) is 15.5 Å². The van der Waals surface area contributed by atoms with E-state index in [0.717, 1.165) is 78.0 Å². The molecule has 0 aliphatic rings. The average Bonchev–Trinajstić information content (AvgIpc) is 3.15. The lowest BCUT2D eigenvalue weighted by Gasteiger charge is -2.10. The molecule has 152 valence electrons. The summed E-state index contributed by atoms with van der Waals surface area (Å²) in [6, 6.07) is 10.5. The third kappa shape index (κ3) is 3.86. The lowest BCUT2D eigenvalue weighted by Crippen LogP contribution is -2.21. The summed E-state index contributed by atoms with van der Waals surface area (Å²) in [5.41, 5.74) is 8.94. The predicted molar refractivity (Wildman–Crippen MR) is 122 cm³/mol. The van der Waals surface area contributed by atoms with Crippen LogP contribution in [0.4, 0.5) is 5.82 Å². The van der Waals surface area contributed by atoms with Gasteiger partial charge in [0.05, 0.1) is 18.0 Å². The van der Waals surface area contributed by atoms with E-state index in [1.807, 2.05) is 12.3 Å². The third-order valence-corrected chi connectivity index (χ3v) is 5.39. The Bertz CT molecular complexity index is 1130. The van der Waals surface area contributed by atoms with Crippen LogP contribution in [-0.4, -0.2) is 43.3 Å². The molecule has 0 spiro atoms. The summed E-state index contributed by atoms with van der Waals surface area (Å²) in [4.78, 5) is 8.32. The second-order valence-electron chi connectivity index (χ2n) is 7.41. The van der Waals surface area contributed by atoms with Gasteiger partial charge in [-0.1, -0.05) is 6.07 Å². The van der Waals surface area contributed by atoms with Gasteiger partial charge >= 0.3 is 0 Å². The molecule has 0 saturated heterocycles. The van der Waals surface area contributed by atoms with E-state index in [1.54, 1.807) is 7.11 Å². The molecule has 4 rings (SSSR count). The van der Waals surface area contributed by atoms with Crippen molar-refractivity contribution in [2.24, 2.45) is 5.73 Å². The lowest BCUT2D eigenvalue weighted by molar-refractivity contribution is 0.415. The Hall–Kier alpha value is -2.83. The number of benzene rings is 2. The van der Waals surface area contributed by atoms with Gasteiger partial charge in [0.25, 0.3) is 0 Å². The van der Waals surface area contributed by atoms with Crippen LogP contribution < -0.4 is 21.1 Å². The zero-order chi connectivity index (χ0) is 20.2. The van der Waals surface area contributed by atoms with Gasteiger partial charge in [-0.05, 0) is 80.0 Å². The highest BCUT2D eigenvalue weighted by Crippen LogP contribution is 2.37. The number of rotatable bonds is 9. The van der Waals surface area contributed by atoms with Crippen molar-refractivity contribution >= 4 is 38.4 Å². The maximum absolute atomic E-state index is 5.53. The molecule has 0 unspecified atom stereocenters. The van der Waals surface area contributed by atoms with Crippen LogP contribution in [0.5, 0.6) is 5.75 Å². The number of nitrogens with one attached hydrogen (secondary N) is 3. The first-order valence-electron chi connectivity index (χ1n) is 10.3. The molecule has 5 N–H and O–H groups in total. The first-order chi connectivity index (χ1) is 14.2. The molecule has 6 nitrogen and oxygen atoms in total. The van der Waals surface area contributed by atoms with Crippen LogP contribution in [0, 0.1) is 6.92 Å². The monoisotopic (exact) mass is 391 g/mol. The highest BCUT2D eigenvalue weighted by atomic mass is 16.5. The standard InChI is InChI=1S/C23H29N5O/c1-15-14-27-23(26-12-4-11-25-10-3-9-24)21-20-18-7-6-17(29-2)13-16(18)5-8-19(20)28-22(15)21/h5-8,13-14,25,28H,3-4,9-12,24H2,1-2H3,(H,26,27). The van der Waals surface area contributed by atoms with Crippen molar-refractivity contribution < 1.29 is 4.74 Å². The number of aromatic nitrogens is 2. The molecule has 2 aromatic heterocycles. The first kappa shape index (κ1) is 19.5. The van der Waals surface area contributed by atoms with Crippen LogP contribution in [0.3, 0.4) is 0 Å². The molecule has 2 aromatic carbocycles. The Kier molecular flexibility index (Phi) is 5.83. The minimum Gasteiger partial charge on any atom is -0.497 e. The number of hydrogen-bond donors (Lipinski definition) is 4. The number of methoxy groups -OCH3 is 1. The van der Waals surface area contributed by atoms with Crippen LogP contribution in [0.15, 0.2) is 36.5 Å². The second-order valence-corrected chi connectivity index (χ2v) is 7.41. The van der Waals surface area contributed by atoms with Gasteiger partial charge in [0.1, 0.15) is 11.6 Å². The summed E-state index contributed by atoms with van der Waals surface area (Å²) in [7, 11) is 1.70. The fourth-order valence-electron chi connectivity index (χ4n) is 3.86. The number of nitrogens with zero attached hydrogens (tertiary/aromatic N) is 1. The molecule has 0 amide bonds. The minimum absolute atomic E-state index is 0.733. The highest BCUT2D eigenvalue weighted by Gasteiger charge is 2.15. The Morgan fingerprint density at radius 1 is 1.07 bits per heavy atom. The smallest absolute Gasteiger partial charge is 0.136 e. The fourth-order valence-corrected chi connectivity index (χ4v) is 3.86. The second kappa shape index (κ2) is 8.68. The van der Waals surface area contributed by atoms with Crippen LogP contribution in [0.2, 0.25) is 0 Å². The number of pyridine rings is 1. The number of aromatic amines is 1. The number of nitrogens with two attached hydrogens (primary N) is 1. The topological polar surface area (TPSA) is 88.0 Å². The summed E-state index contributed by atoms with van der Waals surface area (Å²) < 4.78 is 5.40. The number of anilines is 1. The summed E-state index contributed by atoms with van der Waals surface area (Å²) in [5.74, 6) is 1.80. The van der Waals surface area contributed by atoms with E-state index in [1.165, 1.54) is 10.8 Å². The predicted octanol–water partition coefficient (Wildman–Crippen LogP) is 3.93. The van der Waals surface area contributed by atoms with E-state index in [2.05, 4.69) is 46.8 Å². The number of ether oxygens (including phenoxy) is 1. The summed E-state index contributed by atoms with van der Waals surface area (Å²) in [5, 5.41) is 11.7. The molecule has 0 aliphatic carbocycles. The van der Waals surface area contributed by atoms with Gasteiger partial charge in [0.2, 0.25) is 0 Å². The Labute approximate surface area is 170 Å². The molecule has 2 heterocycles. The zero-order valence-electron chi connectivity index (χ0n) is 17.1. The number of fused-ring (bicyclic) bond motifs is 5. The highest BCUT2D eigenvalue weighted by molar-refractivity contribution is 6.23. The van der Waals surface area contributed by atoms with Gasteiger partial charge in [0, 0.05) is 23.6 Å². The number of aryl methyl sites for hydroxylation is 1. The zero-order valence-corrected chi connectivity index (χ0v) is 17.1. The van der Waals surface area contributed by atoms with Crippen molar-refractivity contribution in [2.75, 3.05) is 38.6 Å². The molecule has 0 aliphatic heterocycles. The quantitative estimate of drug-likeness (QED) is 0.325. The van der Waals surface area contributed by atoms with Crippen LogP contribution in [0.25, 0.3) is 32.6 Å². The SMILES string of the molecule is COc1ccc2c(ccc3[nH]c4c(C)cnc(NCCCNCCCN)c4c32)c1. The Balaban J connectivity index is 1.69. The largest absolute Gasteiger partial charge is 0.497 e. The van der Waals surface area contributed by atoms with Gasteiger partial charge in [0.15, 0.2) is 0 Å². The average molecular weight is 392 g/mol. The fraction of sp³-hybridized carbons (Fsp3) is 0.348. The molecule has 0 radical (unpaired) electrons. The van der Waals surface area contributed by atoms with Crippen LogP contribution in [-0.2, 0) is 0 Å². The molecular formula is C23H29N5O. The van der Waals surface area contributed by atoms with Gasteiger partial charge in [-0.25, -0.2) is 4.98 Å². The maximum atomic E-state index is 5.53. The molecule has 0 saturated carbocycles. The van der Waals surface area contributed by atoms with Gasteiger partial charge in [-0.3, -0.25) is 0 Å². The molecular weight excluding hydrogens is 362 g/mol. The van der Waals surface area contributed by atoms with E-state index in [0.29, 0.717) is 0 Å². The van der Waals surface area contributed by atoms with Crippen molar-refractivity contribution in [1.29, 1.82) is 0 Å². The number of hydrogen-bond acceptors (Lipinski definition) is 5. The van der Waals surface area contributed by atoms with Crippen LogP contribution in [0.1, 0.15) is 18.4 Å². The summed E-state index contributed by atoms with van der Waals surface area (Å²) in [6.07, 6.45) is 3.98. The normalized spacial score (nSPS) is 11.6. The Morgan fingerprint density at radius 3 is 2.76 bits per heavy atom. The first-order valence-corrected chi connectivity index (χ1v) is 10.3. The molecule has 6 heteroatoms. The minimum atomic E-state index is 0.733. The summed E-state index contributed by atoms with van der Waals surface area (Å²) in [6.45, 7) is 5.64. The van der Waals surface area contributed by atoms with Gasteiger partial charge in [-0.2, -0.15) is 0 Å². The van der Waals surface area contributed by atoms with Crippen molar-refractivity contribution in [1.82, 2.24) is 15.3 Å². The number of H-pyrrole nitrogens is 1. The third-order valence-electron chi connectivity index (χ3n) is 5.39. The van der Waals surface area contributed by atoms with Crippen molar-refractivity contribution in [2.45, 2.75) is 19.8 Å². The molecule has 0 fully saturated rings. The van der Waals surface area contributed by atoms with Gasteiger partial charge in [-0.15, -0.1) is 0 Å². The molecule has 0 atom stereocenters. The molecule has 0 bridgehead atoms. The van der Waals surface area contributed by atoms with Gasteiger partial charge < -0.3 is 26.1 Å². The molecule has 4 aromatic rings. The van der Waals surface area contributed by atoms with E-state index < -0.39 is 0 Å². The van der Waals surface area contributed by atoms with Crippen LogP contribution >= 0.6 is 0 Å². The maximum Gasteiger partial charge on any atom is 0.136 e. The summed E-state index contributed by atoms with van der Waals surface area (Å²) >= 11 is 0. The van der Waals surface area contributed by atoms with E-state index >= 15 is 0 Å². The Morgan fingerprint density at radius 2 is 1.93 bits per heavy atom. The van der Waals surface area contributed by atoms with E-state index in [9.17, 15) is 0 Å². The van der Waals surface area contributed by atoms with Crippen molar-refractivity contribution in [3.63, 3.8) is 0 Å².